The second-order valence-electron chi connectivity index (χ2n) is 2.30. The highest BCUT2D eigenvalue weighted by atomic mass is 33.1. The monoisotopic (exact) mass is 226 g/mol. The van der Waals surface area contributed by atoms with E-state index in [2.05, 4.69) is 19.9 Å². The molecule has 72 valence electrons. The van der Waals surface area contributed by atoms with E-state index in [1.807, 2.05) is 0 Å². The van der Waals surface area contributed by atoms with Crippen LogP contribution in [0.15, 0.2) is 17.6 Å². The van der Waals surface area contributed by atoms with Crippen LogP contribution in [0.5, 0.6) is 0 Å². The van der Waals surface area contributed by atoms with Crippen LogP contribution >= 0.6 is 21.6 Å². The van der Waals surface area contributed by atoms with Gasteiger partial charge in [0.05, 0.1) is 0 Å². The Morgan fingerprint density at radius 1 is 1.43 bits per heavy atom. The quantitative estimate of drug-likeness (QED) is 0.400. The van der Waals surface area contributed by atoms with Gasteiger partial charge in [0, 0.05) is 12.4 Å². The van der Waals surface area contributed by atoms with Crippen LogP contribution in [0.25, 0.3) is 11.3 Å². The third-order valence-electron chi connectivity index (χ3n) is 1.32. The molecule has 4 N–H and O–H groups in total. The number of fused-ring (bicyclic) bond motifs is 1. The van der Waals surface area contributed by atoms with Gasteiger partial charge in [0.15, 0.2) is 21.6 Å². The minimum Gasteiger partial charge on any atom is -0.378 e. The highest BCUT2D eigenvalue weighted by Gasteiger charge is 2.05. The van der Waals surface area contributed by atoms with Gasteiger partial charge in [-0.3, -0.25) is 5.41 Å². The Balaban J connectivity index is 2.22. The first-order valence-electron chi connectivity index (χ1n) is 3.61. The van der Waals surface area contributed by atoms with E-state index in [9.17, 15) is 0 Å². The molecular formula is C6H6N6S2. The standard InChI is InChI=1S/C6H6N6S2/c7-5(8)13-14-6-11-3-4(12-6)10-2-1-9-3/h1-2H,(H3,7,8)(H,9,10,11,12). The molecule has 0 aliphatic heterocycles. The van der Waals surface area contributed by atoms with Crippen LogP contribution in [0.2, 0.25) is 0 Å². The Bertz CT molecular complexity index is 433. The zero-order chi connectivity index (χ0) is 9.97. The minimum absolute atomic E-state index is 0.0383. The number of imidazole rings is 1. The molecule has 0 spiro atoms. The number of nitrogens with zero attached hydrogens (tertiary/aromatic N) is 3. The molecule has 0 radical (unpaired) electrons. The molecule has 14 heavy (non-hydrogen) atoms. The molecule has 2 aromatic rings. The van der Waals surface area contributed by atoms with Crippen LogP contribution < -0.4 is 5.73 Å². The summed E-state index contributed by atoms with van der Waals surface area (Å²) in [5.41, 5.74) is 6.39. The Morgan fingerprint density at radius 3 is 2.93 bits per heavy atom. The number of rotatable bonds is 2. The van der Waals surface area contributed by atoms with E-state index in [1.165, 1.54) is 10.8 Å². The molecule has 0 saturated carbocycles. The predicted molar refractivity (Wildman–Crippen MR) is 57.0 cm³/mol. The van der Waals surface area contributed by atoms with Crippen molar-refractivity contribution in [2.24, 2.45) is 5.73 Å². The van der Waals surface area contributed by atoms with E-state index >= 15 is 0 Å². The Morgan fingerprint density at radius 2 is 2.21 bits per heavy atom. The van der Waals surface area contributed by atoms with Gasteiger partial charge >= 0.3 is 0 Å². The van der Waals surface area contributed by atoms with Crippen LogP contribution in [-0.2, 0) is 0 Å². The summed E-state index contributed by atoms with van der Waals surface area (Å²) >= 11 is 0. The lowest BCUT2D eigenvalue weighted by Gasteiger charge is -1.91. The first-order chi connectivity index (χ1) is 6.75. The molecule has 0 atom stereocenters. The van der Waals surface area contributed by atoms with E-state index in [-0.39, 0.29) is 5.17 Å². The molecule has 8 heteroatoms. The van der Waals surface area contributed by atoms with Crippen molar-refractivity contribution in [2.75, 3.05) is 0 Å². The Hall–Kier alpha value is -1.28. The molecule has 0 aromatic carbocycles. The topological polar surface area (TPSA) is 104 Å². The average molecular weight is 226 g/mol. The fourth-order valence-electron chi connectivity index (χ4n) is 0.850. The van der Waals surface area contributed by atoms with Gasteiger partial charge in [-0.15, -0.1) is 0 Å². The smallest absolute Gasteiger partial charge is 0.198 e. The van der Waals surface area contributed by atoms with Gasteiger partial charge in [0.25, 0.3) is 0 Å². The van der Waals surface area contributed by atoms with E-state index < -0.39 is 0 Å². The van der Waals surface area contributed by atoms with Crippen LogP contribution in [0.1, 0.15) is 0 Å². The van der Waals surface area contributed by atoms with Crippen molar-refractivity contribution in [1.82, 2.24) is 19.9 Å². The second-order valence-corrected chi connectivity index (χ2v) is 4.46. The lowest BCUT2D eigenvalue weighted by Crippen LogP contribution is -2.00. The molecule has 2 rings (SSSR count). The second kappa shape index (κ2) is 3.84. The summed E-state index contributed by atoms with van der Waals surface area (Å²) in [4.78, 5) is 15.2. The summed E-state index contributed by atoms with van der Waals surface area (Å²) < 4.78 is 0. The Kier molecular flexibility index (Phi) is 2.55. The van der Waals surface area contributed by atoms with Gasteiger partial charge < -0.3 is 10.7 Å². The number of aromatic nitrogens is 4. The number of H-pyrrole nitrogens is 1. The molecule has 6 nitrogen and oxygen atoms in total. The van der Waals surface area contributed by atoms with Crippen molar-refractivity contribution in [3.8, 4) is 0 Å². The molecule has 0 fully saturated rings. The molecule has 2 heterocycles. The molecule has 0 saturated heterocycles. The lowest BCUT2D eigenvalue weighted by molar-refractivity contribution is 1.08. The summed E-state index contributed by atoms with van der Waals surface area (Å²) in [6.45, 7) is 0. The zero-order valence-corrected chi connectivity index (χ0v) is 8.52. The maximum absolute atomic E-state index is 7.03. The van der Waals surface area contributed by atoms with E-state index in [0.717, 1.165) is 10.8 Å². The van der Waals surface area contributed by atoms with E-state index in [4.69, 9.17) is 11.1 Å². The molecule has 0 unspecified atom stereocenters. The summed E-state index contributed by atoms with van der Waals surface area (Å²) in [5, 5.41) is 7.71. The van der Waals surface area contributed by atoms with Crippen LogP contribution in [0.4, 0.5) is 0 Å². The van der Waals surface area contributed by atoms with Crippen LogP contribution in [-0.4, -0.2) is 25.1 Å². The number of hydrogen-bond donors (Lipinski definition) is 3. The first kappa shape index (κ1) is 9.28. The maximum Gasteiger partial charge on any atom is 0.198 e. The largest absolute Gasteiger partial charge is 0.378 e. The van der Waals surface area contributed by atoms with Gasteiger partial charge in [0.1, 0.15) is 0 Å². The third kappa shape index (κ3) is 1.96. The highest BCUT2D eigenvalue weighted by Crippen LogP contribution is 2.28. The fraction of sp³-hybridized carbons (Fsp3) is 0. The number of nitrogens with one attached hydrogen (secondary N) is 2. The SMILES string of the molecule is N=C(N)SSc1nc2nccnc2[nH]1. The molecular weight excluding hydrogens is 220 g/mol. The third-order valence-corrected chi connectivity index (χ3v) is 3.20. The summed E-state index contributed by atoms with van der Waals surface area (Å²) in [6, 6.07) is 0. The highest BCUT2D eigenvalue weighted by molar-refractivity contribution is 8.82. The van der Waals surface area contributed by atoms with Crippen molar-refractivity contribution < 1.29 is 0 Å². The summed E-state index contributed by atoms with van der Waals surface area (Å²) in [7, 11) is 2.40. The summed E-state index contributed by atoms with van der Waals surface area (Å²) in [5.74, 6) is 0. The van der Waals surface area contributed by atoms with Crippen molar-refractivity contribution in [2.45, 2.75) is 5.16 Å². The normalized spacial score (nSPS) is 10.6. The zero-order valence-electron chi connectivity index (χ0n) is 6.89. The van der Waals surface area contributed by atoms with Gasteiger partial charge in [-0.05, 0) is 21.6 Å². The van der Waals surface area contributed by atoms with Crippen LogP contribution in [0, 0.1) is 5.41 Å². The van der Waals surface area contributed by atoms with E-state index in [0.29, 0.717) is 16.5 Å². The van der Waals surface area contributed by atoms with E-state index in [1.54, 1.807) is 12.4 Å². The molecule has 0 aliphatic rings. The lowest BCUT2D eigenvalue weighted by atomic mass is 10.7. The van der Waals surface area contributed by atoms with Crippen molar-refractivity contribution in [1.29, 1.82) is 5.41 Å². The first-order valence-corrected chi connectivity index (χ1v) is 5.76. The number of amidine groups is 1. The Labute approximate surface area is 87.0 Å². The maximum atomic E-state index is 7.03. The average Bonchev–Trinajstić information content (AvgIpc) is 2.57. The molecule has 2 aromatic heterocycles. The van der Waals surface area contributed by atoms with Crippen molar-refractivity contribution >= 4 is 38.0 Å². The molecule has 0 amide bonds. The number of hydrogen-bond acceptors (Lipinski definition) is 6. The van der Waals surface area contributed by atoms with Crippen LogP contribution in [0.3, 0.4) is 0 Å². The number of aromatic amines is 1. The summed E-state index contributed by atoms with van der Waals surface area (Å²) in [6.07, 6.45) is 3.17. The van der Waals surface area contributed by atoms with Gasteiger partial charge in [-0.2, -0.15) is 0 Å². The fourth-order valence-corrected chi connectivity index (χ4v) is 2.02. The minimum atomic E-state index is 0.0383. The van der Waals surface area contributed by atoms with Gasteiger partial charge in [0.2, 0.25) is 0 Å². The number of nitrogens with two attached hydrogens (primary N) is 1. The molecule has 0 aliphatic carbocycles. The molecule has 0 bridgehead atoms. The van der Waals surface area contributed by atoms with Crippen molar-refractivity contribution in [3.63, 3.8) is 0 Å². The van der Waals surface area contributed by atoms with Gasteiger partial charge in [-0.25, -0.2) is 15.0 Å². The van der Waals surface area contributed by atoms with Crippen molar-refractivity contribution in [3.05, 3.63) is 12.4 Å². The van der Waals surface area contributed by atoms with Gasteiger partial charge in [-0.1, -0.05) is 0 Å². The predicted octanol–water partition coefficient (Wildman–Crippen LogP) is 0.987.